The lowest BCUT2D eigenvalue weighted by atomic mass is 10.1. The van der Waals surface area contributed by atoms with Gasteiger partial charge in [-0.1, -0.05) is 44.2 Å². The van der Waals surface area contributed by atoms with Crippen LogP contribution in [0.2, 0.25) is 0 Å². The van der Waals surface area contributed by atoms with Crippen LogP contribution in [0.5, 0.6) is 0 Å². The smallest absolute Gasteiger partial charge is 0.250 e. The average molecular weight is 340 g/mol. The van der Waals surface area contributed by atoms with Gasteiger partial charge in [-0.05, 0) is 30.0 Å². The second-order valence-corrected chi connectivity index (χ2v) is 6.45. The van der Waals surface area contributed by atoms with Gasteiger partial charge >= 0.3 is 0 Å². The van der Waals surface area contributed by atoms with Crippen LogP contribution in [0.1, 0.15) is 31.9 Å². The first kappa shape index (κ1) is 18.8. The molecule has 0 radical (unpaired) electrons. The minimum absolute atomic E-state index is 0.0164. The lowest BCUT2D eigenvalue weighted by Gasteiger charge is -2.13. The molecule has 0 saturated carbocycles. The van der Waals surface area contributed by atoms with E-state index in [2.05, 4.69) is 60.7 Å². The average Bonchev–Trinajstić information content (AvgIpc) is 2.60. The van der Waals surface area contributed by atoms with Crippen LogP contribution in [0.3, 0.4) is 0 Å². The van der Waals surface area contributed by atoms with E-state index in [1.165, 1.54) is 0 Å². The van der Waals surface area contributed by atoms with Crippen LogP contribution in [-0.2, 0) is 13.1 Å². The standard InChI is InChI=1S/C20H28N4O/c1-4-21-20(22-13-16(2)3)23-14-17-8-10-18(11-9-17)15-24-12-6-5-7-19(24)25/h5-12,16H,4,13-15H2,1-3H3,(H2,21,22,23). The quantitative estimate of drug-likeness (QED) is 0.602. The number of nitrogens with one attached hydrogen (secondary N) is 2. The zero-order chi connectivity index (χ0) is 18.1. The van der Waals surface area contributed by atoms with E-state index >= 15 is 0 Å². The molecule has 0 atom stereocenters. The summed E-state index contributed by atoms with van der Waals surface area (Å²) < 4.78 is 1.70. The number of hydrogen-bond acceptors (Lipinski definition) is 2. The Morgan fingerprint density at radius 2 is 1.80 bits per heavy atom. The van der Waals surface area contributed by atoms with Gasteiger partial charge in [0.25, 0.3) is 5.56 Å². The number of rotatable bonds is 7. The highest BCUT2D eigenvalue weighted by molar-refractivity contribution is 5.79. The first-order chi connectivity index (χ1) is 12.1. The lowest BCUT2D eigenvalue weighted by molar-refractivity contribution is 0.615. The number of pyridine rings is 1. The number of hydrogen-bond donors (Lipinski definition) is 2. The fourth-order valence-electron chi connectivity index (χ4n) is 2.35. The van der Waals surface area contributed by atoms with Crippen molar-refractivity contribution in [1.82, 2.24) is 15.2 Å². The Labute approximate surface area is 149 Å². The van der Waals surface area contributed by atoms with Crippen molar-refractivity contribution >= 4 is 5.96 Å². The minimum Gasteiger partial charge on any atom is -0.357 e. The molecule has 0 aliphatic carbocycles. The molecular formula is C20H28N4O. The zero-order valence-corrected chi connectivity index (χ0v) is 15.3. The number of aromatic nitrogens is 1. The SMILES string of the molecule is CCNC(=NCc1ccc(Cn2ccccc2=O)cc1)NCC(C)C. The minimum atomic E-state index is 0.0164. The summed E-state index contributed by atoms with van der Waals surface area (Å²) in [6.45, 7) is 9.36. The highest BCUT2D eigenvalue weighted by Crippen LogP contribution is 2.07. The maximum Gasteiger partial charge on any atom is 0.250 e. The Hall–Kier alpha value is -2.56. The summed E-state index contributed by atoms with van der Waals surface area (Å²) in [6, 6.07) is 13.5. The fraction of sp³-hybridized carbons (Fsp3) is 0.400. The third kappa shape index (κ3) is 6.45. The number of aliphatic imine (C=N–C) groups is 1. The molecule has 0 aliphatic heterocycles. The molecule has 1 heterocycles. The Bertz CT molecular complexity index is 732. The van der Waals surface area contributed by atoms with Crippen molar-refractivity contribution in [2.75, 3.05) is 13.1 Å². The van der Waals surface area contributed by atoms with E-state index in [9.17, 15) is 4.79 Å². The number of benzene rings is 1. The molecule has 0 bridgehead atoms. The van der Waals surface area contributed by atoms with Gasteiger partial charge in [-0.15, -0.1) is 0 Å². The van der Waals surface area contributed by atoms with Crippen LogP contribution < -0.4 is 16.2 Å². The summed E-state index contributed by atoms with van der Waals surface area (Å²) in [5.74, 6) is 1.42. The van der Waals surface area contributed by atoms with Gasteiger partial charge in [0.05, 0.1) is 13.1 Å². The van der Waals surface area contributed by atoms with Crippen molar-refractivity contribution in [1.29, 1.82) is 0 Å². The van der Waals surface area contributed by atoms with Gasteiger partial charge in [0.15, 0.2) is 5.96 Å². The number of guanidine groups is 1. The number of nitrogens with zero attached hydrogens (tertiary/aromatic N) is 2. The molecule has 1 aromatic carbocycles. The molecule has 5 heteroatoms. The Kier molecular flexibility index (Phi) is 7.26. The van der Waals surface area contributed by atoms with Crippen LogP contribution in [0.25, 0.3) is 0 Å². The molecule has 25 heavy (non-hydrogen) atoms. The third-order valence-electron chi connectivity index (χ3n) is 3.72. The van der Waals surface area contributed by atoms with E-state index in [1.54, 1.807) is 16.7 Å². The summed E-state index contributed by atoms with van der Waals surface area (Å²) in [7, 11) is 0. The van der Waals surface area contributed by atoms with Crippen molar-refractivity contribution in [2.24, 2.45) is 10.9 Å². The van der Waals surface area contributed by atoms with Gasteiger partial charge in [0.2, 0.25) is 0 Å². The Morgan fingerprint density at radius 3 is 2.44 bits per heavy atom. The van der Waals surface area contributed by atoms with Gasteiger partial charge in [0, 0.05) is 25.4 Å². The van der Waals surface area contributed by atoms with Gasteiger partial charge < -0.3 is 15.2 Å². The van der Waals surface area contributed by atoms with Crippen molar-refractivity contribution < 1.29 is 0 Å². The Balaban J connectivity index is 1.97. The van der Waals surface area contributed by atoms with E-state index < -0.39 is 0 Å². The van der Waals surface area contributed by atoms with E-state index in [0.717, 1.165) is 30.2 Å². The first-order valence-corrected chi connectivity index (χ1v) is 8.84. The maximum atomic E-state index is 11.8. The third-order valence-corrected chi connectivity index (χ3v) is 3.72. The summed E-state index contributed by atoms with van der Waals surface area (Å²) in [5, 5.41) is 6.60. The summed E-state index contributed by atoms with van der Waals surface area (Å²) >= 11 is 0. The van der Waals surface area contributed by atoms with Crippen LogP contribution >= 0.6 is 0 Å². The van der Waals surface area contributed by atoms with Gasteiger partial charge in [-0.3, -0.25) is 4.79 Å². The highest BCUT2D eigenvalue weighted by atomic mass is 16.1. The summed E-state index contributed by atoms with van der Waals surface area (Å²) in [6.07, 6.45) is 1.81. The molecule has 2 rings (SSSR count). The van der Waals surface area contributed by atoms with E-state index in [0.29, 0.717) is 19.0 Å². The normalized spacial score (nSPS) is 11.6. The molecule has 2 N–H and O–H groups in total. The molecule has 0 fully saturated rings. The van der Waals surface area contributed by atoms with Crippen LogP contribution in [-0.4, -0.2) is 23.6 Å². The van der Waals surface area contributed by atoms with Crippen molar-refractivity contribution in [3.63, 3.8) is 0 Å². The molecule has 0 aliphatic rings. The van der Waals surface area contributed by atoms with Crippen LogP contribution in [0, 0.1) is 5.92 Å². The van der Waals surface area contributed by atoms with E-state index in [1.807, 2.05) is 12.3 Å². The molecule has 2 aromatic rings. The molecular weight excluding hydrogens is 312 g/mol. The second kappa shape index (κ2) is 9.67. The molecule has 1 aromatic heterocycles. The predicted molar refractivity (Wildman–Crippen MR) is 104 cm³/mol. The van der Waals surface area contributed by atoms with Crippen LogP contribution in [0.15, 0.2) is 58.4 Å². The molecule has 0 spiro atoms. The highest BCUT2D eigenvalue weighted by Gasteiger charge is 2.01. The van der Waals surface area contributed by atoms with E-state index in [-0.39, 0.29) is 5.56 Å². The Morgan fingerprint density at radius 1 is 1.08 bits per heavy atom. The van der Waals surface area contributed by atoms with E-state index in [4.69, 9.17) is 0 Å². The summed E-state index contributed by atoms with van der Waals surface area (Å²) in [5.41, 5.74) is 2.26. The monoisotopic (exact) mass is 340 g/mol. The van der Waals surface area contributed by atoms with Gasteiger partial charge in [-0.25, -0.2) is 4.99 Å². The van der Waals surface area contributed by atoms with Gasteiger partial charge in [-0.2, -0.15) is 0 Å². The molecule has 0 amide bonds. The van der Waals surface area contributed by atoms with Crippen molar-refractivity contribution in [3.8, 4) is 0 Å². The largest absolute Gasteiger partial charge is 0.357 e. The first-order valence-electron chi connectivity index (χ1n) is 8.84. The molecule has 5 nitrogen and oxygen atoms in total. The fourth-order valence-corrected chi connectivity index (χ4v) is 2.35. The topological polar surface area (TPSA) is 58.4 Å². The predicted octanol–water partition coefficient (Wildman–Crippen LogP) is 2.61. The molecule has 0 saturated heterocycles. The molecule has 134 valence electrons. The van der Waals surface area contributed by atoms with Crippen LogP contribution in [0.4, 0.5) is 0 Å². The van der Waals surface area contributed by atoms with Crippen molar-refractivity contribution in [3.05, 3.63) is 70.1 Å². The van der Waals surface area contributed by atoms with Crippen molar-refractivity contribution in [2.45, 2.75) is 33.9 Å². The second-order valence-electron chi connectivity index (χ2n) is 6.45. The lowest BCUT2D eigenvalue weighted by Crippen LogP contribution is -2.39. The zero-order valence-electron chi connectivity index (χ0n) is 15.3. The van der Waals surface area contributed by atoms with Gasteiger partial charge in [0.1, 0.15) is 0 Å². The maximum absolute atomic E-state index is 11.8. The molecule has 0 unspecified atom stereocenters. The summed E-state index contributed by atoms with van der Waals surface area (Å²) in [4.78, 5) is 16.4.